The fourth-order valence-electron chi connectivity index (χ4n) is 0.204. The smallest absolute Gasteiger partial charge is 0.748 e. The third-order valence-electron chi connectivity index (χ3n) is 0.583. The van der Waals surface area contributed by atoms with E-state index < -0.39 is 31.7 Å². The molecule has 11 heteroatoms. The Morgan fingerprint density at radius 2 is 0.923 bits per heavy atom. The van der Waals surface area contributed by atoms with Crippen LogP contribution in [0.4, 0.5) is 0 Å². The van der Waals surface area contributed by atoms with Crippen molar-refractivity contribution in [2.45, 2.75) is 0 Å². The maximum atomic E-state index is 9.72. The Labute approximate surface area is 121 Å². The average molecular weight is 252 g/mol. The molecule has 0 aliphatic heterocycles. The van der Waals surface area contributed by atoms with Gasteiger partial charge in [0.15, 0.2) is 0 Å². The van der Waals surface area contributed by atoms with Gasteiger partial charge in [-0.15, -0.1) is 0 Å². The van der Waals surface area contributed by atoms with E-state index in [4.69, 9.17) is 0 Å². The Balaban J connectivity index is -0.000000135. The van der Waals surface area contributed by atoms with Gasteiger partial charge in [-0.3, -0.25) is 0 Å². The van der Waals surface area contributed by atoms with Gasteiger partial charge in [0.1, 0.15) is 0 Å². The van der Waals surface area contributed by atoms with Gasteiger partial charge in [0.05, 0.1) is 31.7 Å². The Hall–Kier alpha value is 1.78. The number of rotatable bonds is 3. The molecule has 0 atom stereocenters. The topological polar surface area (TPSA) is 146 Å². The van der Waals surface area contributed by atoms with Crippen LogP contribution in [0.5, 0.6) is 0 Å². The van der Waals surface area contributed by atoms with Crippen LogP contribution in [0.2, 0.25) is 0 Å². The van der Waals surface area contributed by atoms with Gasteiger partial charge in [-0.05, 0) is 0 Å². The zero-order valence-corrected chi connectivity index (χ0v) is 12.8. The van der Waals surface area contributed by atoms with E-state index in [0.29, 0.717) is 0 Å². The molecular formula is C2H6Na2O7S2. The molecule has 0 bridgehead atoms. The minimum Gasteiger partial charge on any atom is -0.748 e. The molecule has 0 aromatic rings. The van der Waals surface area contributed by atoms with Crippen LogP contribution in [0.25, 0.3) is 0 Å². The largest absolute Gasteiger partial charge is 1.00 e. The van der Waals surface area contributed by atoms with Crippen molar-refractivity contribution in [1.29, 1.82) is 0 Å². The maximum absolute atomic E-state index is 9.72. The van der Waals surface area contributed by atoms with Gasteiger partial charge < -0.3 is 14.6 Å². The van der Waals surface area contributed by atoms with Gasteiger partial charge in [-0.25, -0.2) is 16.8 Å². The molecule has 0 spiro atoms. The quantitative estimate of drug-likeness (QED) is 0.360. The van der Waals surface area contributed by atoms with Crippen molar-refractivity contribution in [3.8, 4) is 0 Å². The van der Waals surface area contributed by atoms with Crippen LogP contribution in [0.1, 0.15) is 0 Å². The van der Waals surface area contributed by atoms with Crippen molar-refractivity contribution in [1.82, 2.24) is 0 Å². The van der Waals surface area contributed by atoms with E-state index in [0.717, 1.165) is 0 Å². The molecule has 0 unspecified atom stereocenters. The van der Waals surface area contributed by atoms with E-state index in [9.17, 15) is 25.9 Å². The van der Waals surface area contributed by atoms with Crippen LogP contribution in [0.15, 0.2) is 0 Å². The molecule has 0 fully saturated rings. The molecule has 0 aromatic heterocycles. The summed E-state index contributed by atoms with van der Waals surface area (Å²) < 4.78 is 58.3. The molecule has 0 amide bonds. The monoisotopic (exact) mass is 252 g/mol. The summed E-state index contributed by atoms with van der Waals surface area (Å²) >= 11 is 0. The van der Waals surface area contributed by atoms with E-state index in [2.05, 4.69) is 0 Å². The second-order valence-corrected chi connectivity index (χ2v) is 4.57. The second-order valence-electron chi connectivity index (χ2n) is 1.52. The first kappa shape index (κ1) is 24.2. The van der Waals surface area contributed by atoms with Gasteiger partial charge in [-0.2, -0.15) is 0 Å². The number of hydrogen-bond donors (Lipinski definition) is 0. The minimum atomic E-state index is -4.59. The standard InChI is InChI=1S/C2H6O6S2.2Na.H2O/c3-9(4,5)1-2-10(6,7)8;;;/h1-2H2,(H,3,4,5)(H,6,7,8);;;1H2/q;2*+1;/p-2. The van der Waals surface area contributed by atoms with Crippen molar-refractivity contribution in [2.75, 3.05) is 11.5 Å². The van der Waals surface area contributed by atoms with Gasteiger partial charge >= 0.3 is 59.1 Å². The molecular weight excluding hydrogens is 246 g/mol. The van der Waals surface area contributed by atoms with Crippen LogP contribution >= 0.6 is 0 Å². The summed E-state index contributed by atoms with van der Waals surface area (Å²) in [6.07, 6.45) is 0. The first-order valence-electron chi connectivity index (χ1n) is 2.08. The van der Waals surface area contributed by atoms with E-state index >= 15 is 0 Å². The van der Waals surface area contributed by atoms with Crippen LogP contribution in [0, 0.1) is 0 Å². The fraction of sp³-hybridized carbons (Fsp3) is 1.00. The summed E-state index contributed by atoms with van der Waals surface area (Å²) in [6.45, 7) is 0. The third-order valence-corrected chi connectivity index (χ3v) is 2.25. The predicted molar refractivity (Wildman–Crippen MR) is 32.7 cm³/mol. The summed E-state index contributed by atoms with van der Waals surface area (Å²) in [6, 6.07) is 0. The van der Waals surface area contributed by atoms with Crippen molar-refractivity contribution in [2.24, 2.45) is 0 Å². The van der Waals surface area contributed by atoms with Crippen LogP contribution in [-0.2, 0) is 20.2 Å². The molecule has 0 aliphatic rings. The molecule has 0 aliphatic carbocycles. The fourth-order valence-corrected chi connectivity index (χ4v) is 1.84. The van der Waals surface area contributed by atoms with Crippen molar-refractivity contribution >= 4 is 20.2 Å². The van der Waals surface area contributed by atoms with Gasteiger partial charge in [0.2, 0.25) is 0 Å². The Morgan fingerprint density at radius 1 is 0.769 bits per heavy atom. The normalized spacial score (nSPS) is 10.3. The Morgan fingerprint density at radius 3 is 1.00 bits per heavy atom. The SMILES string of the molecule is O.O=S(=O)([O-])CCS(=O)(=O)[O-].[Na+].[Na+]. The molecule has 0 heterocycles. The van der Waals surface area contributed by atoms with Crippen molar-refractivity contribution < 1.29 is 90.5 Å². The summed E-state index contributed by atoms with van der Waals surface area (Å²) in [7, 11) is -9.17. The summed E-state index contributed by atoms with van der Waals surface area (Å²) in [4.78, 5) is 0. The predicted octanol–water partition coefficient (Wildman–Crippen LogP) is -8.74. The molecule has 7 nitrogen and oxygen atoms in total. The van der Waals surface area contributed by atoms with Crippen LogP contribution < -0.4 is 59.1 Å². The maximum Gasteiger partial charge on any atom is 1.00 e. The zero-order valence-electron chi connectivity index (χ0n) is 7.18. The van der Waals surface area contributed by atoms with Crippen molar-refractivity contribution in [3.63, 3.8) is 0 Å². The van der Waals surface area contributed by atoms with Gasteiger partial charge in [-0.1, -0.05) is 0 Å². The van der Waals surface area contributed by atoms with Crippen LogP contribution in [0.3, 0.4) is 0 Å². The van der Waals surface area contributed by atoms with Crippen molar-refractivity contribution in [3.05, 3.63) is 0 Å². The third kappa shape index (κ3) is 24.8. The molecule has 0 saturated carbocycles. The molecule has 0 aromatic carbocycles. The molecule has 0 radical (unpaired) electrons. The minimum absolute atomic E-state index is 0. The zero-order chi connectivity index (χ0) is 8.41. The number of hydrogen-bond acceptors (Lipinski definition) is 6. The van der Waals surface area contributed by atoms with Gasteiger partial charge in [0, 0.05) is 0 Å². The van der Waals surface area contributed by atoms with Gasteiger partial charge in [0.25, 0.3) is 0 Å². The Kier molecular flexibility index (Phi) is 16.8. The van der Waals surface area contributed by atoms with E-state index in [1.54, 1.807) is 0 Å². The summed E-state index contributed by atoms with van der Waals surface area (Å²) in [5.41, 5.74) is 0. The second kappa shape index (κ2) is 9.04. The molecule has 0 rings (SSSR count). The Bertz CT molecular complexity index is 258. The molecule has 13 heavy (non-hydrogen) atoms. The molecule has 70 valence electrons. The average Bonchev–Trinajstić information content (AvgIpc) is 1.57. The molecule has 2 N–H and O–H groups in total. The van der Waals surface area contributed by atoms with E-state index in [-0.39, 0.29) is 64.6 Å². The first-order chi connectivity index (χ1) is 4.21. The van der Waals surface area contributed by atoms with E-state index in [1.807, 2.05) is 0 Å². The summed E-state index contributed by atoms with van der Waals surface area (Å²) in [5.74, 6) is -2.31. The van der Waals surface area contributed by atoms with Crippen LogP contribution in [-0.4, -0.2) is 42.9 Å². The molecule has 0 saturated heterocycles. The summed E-state index contributed by atoms with van der Waals surface area (Å²) in [5, 5.41) is 0. The first-order valence-corrected chi connectivity index (χ1v) is 5.23. The van der Waals surface area contributed by atoms with E-state index in [1.165, 1.54) is 0 Å².